The number of ether oxygens (including phenoxy) is 2. The van der Waals surface area contributed by atoms with Crippen molar-refractivity contribution in [2.24, 2.45) is 0 Å². The van der Waals surface area contributed by atoms with Crippen LogP contribution in [0.3, 0.4) is 0 Å². The maximum atomic E-state index is 10.1. The first-order valence-corrected chi connectivity index (χ1v) is 6.06. The van der Waals surface area contributed by atoms with Gasteiger partial charge < -0.3 is 14.6 Å². The molecular weight excluding hydrogens is 240 g/mol. The van der Waals surface area contributed by atoms with E-state index >= 15 is 0 Å². The van der Waals surface area contributed by atoms with Gasteiger partial charge in [-0.3, -0.25) is 0 Å². The lowest BCUT2D eigenvalue weighted by Crippen LogP contribution is -2.08. The number of aromatic hydroxyl groups is 1. The van der Waals surface area contributed by atoms with Crippen LogP contribution in [0.25, 0.3) is 0 Å². The Morgan fingerprint density at radius 2 is 1.63 bits per heavy atom. The fraction of sp³-hybridized carbons (Fsp3) is 0.188. The normalized spacial score (nSPS) is 10.9. The molecule has 3 nitrogen and oxygen atoms in total. The summed E-state index contributed by atoms with van der Waals surface area (Å²) in [5, 5.41) is 10.1. The van der Waals surface area contributed by atoms with E-state index in [4.69, 9.17) is 9.47 Å². The smallest absolute Gasteiger partial charge is 0.255 e. The van der Waals surface area contributed by atoms with E-state index in [0.717, 1.165) is 16.7 Å². The van der Waals surface area contributed by atoms with Gasteiger partial charge in [-0.05, 0) is 11.6 Å². The van der Waals surface area contributed by atoms with E-state index in [-0.39, 0.29) is 5.75 Å². The Morgan fingerprint density at radius 3 is 2.26 bits per heavy atom. The van der Waals surface area contributed by atoms with Crippen LogP contribution in [0.2, 0.25) is 0 Å². The molecule has 2 aromatic carbocycles. The van der Waals surface area contributed by atoms with E-state index in [1.165, 1.54) is 0 Å². The maximum Gasteiger partial charge on any atom is 0.255 e. The summed E-state index contributed by atoms with van der Waals surface area (Å²) in [6, 6.07) is 15.3. The van der Waals surface area contributed by atoms with Gasteiger partial charge in [0, 0.05) is 31.8 Å². The second-order valence-electron chi connectivity index (χ2n) is 4.16. The molecule has 0 bridgehead atoms. The highest BCUT2D eigenvalue weighted by Gasteiger charge is 2.18. The number of hydrogen-bond acceptors (Lipinski definition) is 3. The third-order valence-corrected chi connectivity index (χ3v) is 2.97. The second kappa shape index (κ2) is 6.36. The molecule has 3 heteroatoms. The predicted octanol–water partition coefficient (Wildman–Crippen LogP) is 3.11. The van der Waals surface area contributed by atoms with Gasteiger partial charge in [0.05, 0.1) is 0 Å². The van der Waals surface area contributed by atoms with Gasteiger partial charge >= 0.3 is 0 Å². The topological polar surface area (TPSA) is 38.7 Å². The lowest BCUT2D eigenvalue weighted by Gasteiger charge is -2.17. The van der Waals surface area contributed by atoms with Crippen LogP contribution in [-0.2, 0) is 15.9 Å². The first-order chi connectivity index (χ1) is 9.26. The fourth-order valence-electron chi connectivity index (χ4n) is 2.05. The third-order valence-electron chi connectivity index (χ3n) is 2.97. The number of hydrogen-bond donors (Lipinski definition) is 1. The zero-order valence-corrected chi connectivity index (χ0v) is 11.1. The fourth-order valence-corrected chi connectivity index (χ4v) is 2.05. The molecule has 0 aliphatic rings. The van der Waals surface area contributed by atoms with Crippen molar-refractivity contribution in [3.63, 3.8) is 0 Å². The summed E-state index contributed by atoms with van der Waals surface area (Å²) in [5.74, 6) is 0.243. The van der Waals surface area contributed by atoms with Crippen LogP contribution < -0.4 is 0 Å². The van der Waals surface area contributed by atoms with Gasteiger partial charge in [0.1, 0.15) is 5.75 Å². The SMILES string of the molecule is CO[C](OC)c1cccc(O)c1Cc1ccccc1. The zero-order chi connectivity index (χ0) is 13.7. The third kappa shape index (κ3) is 3.13. The molecule has 0 aromatic heterocycles. The lowest BCUT2D eigenvalue weighted by molar-refractivity contribution is 0.0263. The van der Waals surface area contributed by atoms with Crippen molar-refractivity contribution in [2.45, 2.75) is 6.42 Å². The summed E-state index contributed by atoms with van der Waals surface area (Å²) in [6.07, 6.45) is 1.03. The highest BCUT2D eigenvalue weighted by Crippen LogP contribution is 2.29. The summed E-state index contributed by atoms with van der Waals surface area (Å²) >= 11 is 0. The molecule has 0 unspecified atom stereocenters. The summed E-state index contributed by atoms with van der Waals surface area (Å²) in [7, 11) is 3.10. The largest absolute Gasteiger partial charge is 0.508 e. The Labute approximate surface area is 113 Å². The summed E-state index contributed by atoms with van der Waals surface area (Å²) in [4.78, 5) is 0. The molecule has 0 atom stereocenters. The molecule has 0 fully saturated rings. The molecule has 0 aliphatic carbocycles. The standard InChI is InChI=1S/C16H17O3/c1-18-16(19-2)13-9-6-10-15(17)14(13)11-12-7-4-3-5-8-12/h3-10,17H,11H2,1-2H3. The van der Waals surface area contributed by atoms with E-state index in [9.17, 15) is 5.11 Å². The Kier molecular flexibility index (Phi) is 4.55. The minimum Gasteiger partial charge on any atom is -0.508 e. The lowest BCUT2D eigenvalue weighted by atomic mass is 9.98. The molecule has 1 N–H and O–H groups in total. The minimum absolute atomic E-state index is 0.243. The molecular formula is C16H17O3. The van der Waals surface area contributed by atoms with E-state index in [2.05, 4.69) is 0 Å². The molecule has 0 saturated carbocycles. The molecule has 99 valence electrons. The van der Waals surface area contributed by atoms with Gasteiger partial charge in [-0.2, -0.15) is 0 Å². The highest BCUT2D eigenvalue weighted by molar-refractivity contribution is 5.46. The van der Waals surface area contributed by atoms with Crippen LogP contribution in [-0.4, -0.2) is 19.3 Å². The van der Waals surface area contributed by atoms with Crippen molar-refractivity contribution in [3.05, 3.63) is 71.5 Å². The first-order valence-electron chi connectivity index (χ1n) is 6.06. The van der Waals surface area contributed by atoms with E-state index in [1.54, 1.807) is 26.4 Å². The van der Waals surface area contributed by atoms with Gasteiger partial charge in [0.25, 0.3) is 6.29 Å². The van der Waals surface area contributed by atoms with Crippen LogP contribution >= 0.6 is 0 Å². The molecule has 0 aliphatic heterocycles. The predicted molar refractivity (Wildman–Crippen MR) is 73.7 cm³/mol. The van der Waals surface area contributed by atoms with Crippen molar-refractivity contribution >= 4 is 0 Å². The highest BCUT2D eigenvalue weighted by atomic mass is 16.7. The van der Waals surface area contributed by atoms with Crippen LogP contribution in [0.15, 0.2) is 48.5 Å². The average Bonchev–Trinajstić information content (AvgIpc) is 2.45. The van der Waals surface area contributed by atoms with E-state index in [1.807, 2.05) is 36.4 Å². The number of phenolic OH excluding ortho intramolecular Hbond substituents is 1. The van der Waals surface area contributed by atoms with Crippen molar-refractivity contribution in [3.8, 4) is 5.75 Å². The Morgan fingerprint density at radius 1 is 0.947 bits per heavy atom. The van der Waals surface area contributed by atoms with E-state index < -0.39 is 0 Å². The van der Waals surface area contributed by atoms with Crippen LogP contribution in [0, 0.1) is 6.29 Å². The first kappa shape index (κ1) is 13.6. The molecule has 19 heavy (non-hydrogen) atoms. The van der Waals surface area contributed by atoms with Crippen LogP contribution in [0.4, 0.5) is 0 Å². The summed E-state index contributed by atoms with van der Waals surface area (Å²) < 4.78 is 10.4. The Balaban J connectivity index is 2.38. The number of methoxy groups -OCH3 is 2. The zero-order valence-electron chi connectivity index (χ0n) is 11.1. The van der Waals surface area contributed by atoms with Crippen molar-refractivity contribution in [1.82, 2.24) is 0 Å². The van der Waals surface area contributed by atoms with Crippen molar-refractivity contribution in [2.75, 3.05) is 14.2 Å². The van der Waals surface area contributed by atoms with Crippen molar-refractivity contribution in [1.29, 1.82) is 0 Å². The number of phenols is 1. The molecule has 2 rings (SSSR count). The second-order valence-corrected chi connectivity index (χ2v) is 4.16. The molecule has 0 amide bonds. The molecule has 1 radical (unpaired) electrons. The van der Waals surface area contributed by atoms with Gasteiger partial charge in [-0.1, -0.05) is 42.5 Å². The van der Waals surface area contributed by atoms with Gasteiger partial charge in [0.15, 0.2) is 0 Å². The van der Waals surface area contributed by atoms with Gasteiger partial charge in [-0.25, -0.2) is 0 Å². The van der Waals surface area contributed by atoms with Crippen molar-refractivity contribution < 1.29 is 14.6 Å². The van der Waals surface area contributed by atoms with Crippen LogP contribution in [0.5, 0.6) is 5.75 Å². The quantitative estimate of drug-likeness (QED) is 0.894. The van der Waals surface area contributed by atoms with Gasteiger partial charge in [0.2, 0.25) is 0 Å². The molecule has 0 saturated heterocycles. The number of benzene rings is 2. The van der Waals surface area contributed by atoms with E-state index in [0.29, 0.717) is 12.7 Å². The summed E-state index contributed by atoms with van der Waals surface area (Å²) in [5.41, 5.74) is 2.69. The molecule has 0 heterocycles. The Bertz CT molecular complexity index is 519. The molecule has 0 spiro atoms. The minimum atomic E-state index is 0.243. The number of rotatable bonds is 5. The van der Waals surface area contributed by atoms with Crippen LogP contribution in [0.1, 0.15) is 16.7 Å². The average molecular weight is 257 g/mol. The monoisotopic (exact) mass is 257 g/mol. The van der Waals surface area contributed by atoms with Gasteiger partial charge in [-0.15, -0.1) is 0 Å². The molecule has 2 aromatic rings. The Hall–Kier alpha value is -1.84. The maximum absolute atomic E-state index is 10.1. The summed E-state index contributed by atoms with van der Waals surface area (Å²) in [6.45, 7) is 0.